The third-order valence-corrected chi connectivity index (χ3v) is 1.96. The highest BCUT2D eigenvalue weighted by molar-refractivity contribution is 6.30. The number of hydrogen-bond donors (Lipinski definition) is 3. The Morgan fingerprint density at radius 2 is 1.12 bits per heavy atom. The monoisotopic (exact) mass is 238 g/mol. The molecule has 3 nitrogen and oxygen atoms in total. The number of aromatic hydroxyl groups is 3. The van der Waals surface area contributed by atoms with E-state index in [2.05, 4.69) is 0 Å². The lowest BCUT2D eigenvalue weighted by molar-refractivity contribution is 0.404. The standard InChI is InChI=1S/C6H5ClO.C6H6O2/c7-5-1-3-6(8)4-2-5;7-5-3-1-2-4-6(5)8/h1-4,8H;1-4,7-8H. The van der Waals surface area contributed by atoms with E-state index in [0.717, 1.165) is 0 Å². The zero-order chi connectivity index (χ0) is 12.0. The van der Waals surface area contributed by atoms with E-state index in [1.807, 2.05) is 0 Å². The van der Waals surface area contributed by atoms with Gasteiger partial charge in [0, 0.05) is 5.02 Å². The highest BCUT2D eigenvalue weighted by Crippen LogP contribution is 2.21. The van der Waals surface area contributed by atoms with E-state index in [1.54, 1.807) is 36.4 Å². The summed E-state index contributed by atoms with van der Waals surface area (Å²) in [7, 11) is 0. The molecule has 4 heteroatoms. The lowest BCUT2D eigenvalue weighted by atomic mass is 10.3. The molecule has 16 heavy (non-hydrogen) atoms. The average Bonchev–Trinajstić information content (AvgIpc) is 2.28. The first kappa shape index (κ1) is 12.2. The van der Waals surface area contributed by atoms with Gasteiger partial charge in [-0.15, -0.1) is 0 Å². The van der Waals surface area contributed by atoms with Gasteiger partial charge in [-0.3, -0.25) is 0 Å². The van der Waals surface area contributed by atoms with E-state index >= 15 is 0 Å². The van der Waals surface area contributed by atoms with Crippen LogP contribution in [0, 0.1) is 0 Å². The van der Waals surface area contributed by atoms with Gasteiger partial charge >= 0.3 is 0 Å². The molecule has 2 aromatic rings. The molecule has 84 valence electrons. The second-order valence-electron chi connectivity index (χ2n) is 2.97. The molecule has 0 aliphatic heterocycles. The van der Waals surface area contributed by atoms with Gasteiger partial charge in [0.05, 0.1) is 0 Å². The van der Waals surface area contributed by atoms with E-state index in [9.17, 15) is 0 Å². The van der Waals surface area contributed by atoms with Gasteiger partial charge in [-0.1, -0.05) is 23.7 Å². The van der Waals surface area contributed by atoms with Crippen LogP contribution in [0.2, 0.25) is 5.02 Å². The Labute approximate surface area is 98.2 Å². The van der Waals surface area contributed by atoms with Crippen molar-refractivity contribution in [3.05, 3.63) is 53.6 Å². The predicted octanol–water partition coefficient (Wildman–Crippen LogP) is 3.14. The lowest BCUT2D eigenvalue weighted by Gasteiger charge is -1.91. The van der Waals surface area contributed by atoms with Gasteiger partial charge in [0.2, 0.25) is 0 Å². The van der Waals surface area contributed by atoms with Crippen LogP contribution in [0.1, 0.15) is 0 Å². The highest BCUT2D eigenvalue weighted by atomic mass is 35.5. The summed E-state index contributed by atoms with van der Waals surface area (Å²) in [5.74, 6) is 0.0920. The largest absolute Gasteiger partial charge is 0.508 e. The molecule has 0 radical (unpaired) electrons. The molecule has 2 aromatic carbocycles. The van der Waals surface area contributed by atoms with Crippen molar-refractivity contribution in [3.8, 4) is 17.2 Å². The Balaban J connectivity index is 0.000000160. The van der Waals surface area contributed by atoms with Crippen molar-refractivity contribution in [2.45, 2.75) is 0 Å². The van der Waals surface area contributed by atoms with Gasteiger partial charge < -0.3 is 15.3 Å². The average molecular weight is 239 g/mol. The summed E-state index contributed by atoms with van der Waals surface area (Å²) >= 11 is 5.50. The summed E-state index contributed by atoms with van der Waals surface area (Å²) in [5, 5.41) is 26.7. The molecule has 0 atom stereocenters. The summed E-state index contributed by atoms with van der Waals surface area (Å²) in [6.07, 6.45) is 0. The molecule has 0 aliphatic carbocycles. The van der Waals surface area contributed by atoms with Gasteiger partial charge in [0.1, 0.15) is 5.75 Å². The first-order chi connectivity index (χ1) is 7.59. The van der Waals surface area contributed by atoms with Crippen LogP contribution in [0.25, 0.3) is 0 Å². The van der Waals surface area contributed by atoms with E-state index < -0.39 is 0 Å². The summed E-state index contributed by atoms with van der Waals surface area (Å²) in [6.45, 7) is 0. The molecule has 2 rings (SSSR count). The van der Waals surface area contributed by atoms with Crippen LogP contribution in [0.3, 0.4) is 0 Å². The van der Waals surface area contributed by atoms with Crippen LogP contribution in [-0.2, 0) is 0 Å². The second kappa shape index (κ2) is 5.88. The van der Waals surface area contributed by atoms with E-state index in [1.165, 1.54) is 12.1 Å². The minimum atomic E-state index is -0.0764. The highest BCUT2D eigenvalue weighted by Gasteiger charge is 1.90. The number of para-hydroxylation sites is 2. The van der Waals surface area contributed by atoms with Crippen molar-refractivity contribution >= 4 is 11.6 Å². The number of halogens is 1. The Morgan fingerprint density at radius 3 is 1.44 bits per heavy atom. The number of hydrogen-bond acceptors (Lipinski definition) is 3. The lowest BCUT2D eigenvalue weighted by Crippen LogP contribution is -1.63. The van der Waals surface area contributed by atoms with E-state index in [-0.39, 0.29) is 17.2 Å². The molecule has 0 saturated heterocycles. The number of phenolic OH excluding ortho intramolecular Hbond substituents is 3. The first-order valence-electron chi connectivity index (χ1n) is 4.51. The molecule has 0 amide bonds. The fraction of sp³-hybridized carbons (Fsp3) is 0. The normalized spacial score (nSPS) is 9.06. The predicted molar refractivity (Wildman–Crippen MR) is 62.9 cm³/mol. The van der Waals surface area contributed by atoms with Crippen molar-refractivity contribution in [2.75, 3.05) is 0 Å². The van der Waals surface area contributed by atoms with Gasteiger partial charge in [-0.05, 0) is 36.4 Å². The molecular weight excluding hydrogens is 228 g/mol. The minimum absolute atomic E-state index is 0.0764. The number of rotatable bonds is 0. The SMILES string of the molecule is Oc1ccc(Cl)cc1.Oc1ccccc1O. The Hall–Kier alpha value is -1.87. The van der Waals surface area contributed by atoms with E-state index in [4.69, 9.17) is 26.9 Å². The topological polar surface area (TPSA) is 60.7 Å². The molecule has 0 unspecified atom stereocenters. The van der Waals surface area contributed by atoms with Crippen LogP contribution in [-0.4, -0.2) is 15.3 Å². The maximum Gasteiger partial charge on any atom is 0.157 e. The van der Waals surface area contributed by atoms with Gasteiger partial charge in [0.25, 0.3) is 0 Å². The van der Waals surface area contributed by atoms with Crippen LogP contribution in [0.4, 0.5) is 0 Å². The zero-order valence-corrected chi connectivity index (χ0v) is 9.09. The Morgan fingerprint density at radius 1 is 0.688 bits per heavy atom. The molecule has 0 bridgehead atoms. The Kier molecular flexibility index (Phi) is 4.48. The van der Waals surface area contributed by atoms with Crippen molar-refractivity contribution in [1.29, 1.82) is 0 Å². The molecule has 0 heterocycles. The van der Waals surface area contributed by atoms with Gasteiger partial charge in [0.15, 0.2) is 11.5 Å². The number of phenols is 3. The molecule has 0 fully saturated rings. The van der Waals surface area contributed by atoms with Crippen molar-refractivity contribution in [3.63, 3.8) is 0 Å². The summed E-state index contributed by atoms with van der Waals surface area (Å²) in [6, 6.07) is 12.5. The fourth-order valence-electron chi connectivity index (χ4n) is 0.905. The summed E-state index contributed by atoms with van der Waals surface area (Å²) in [5.41, 5.74) is 0. The zero-order valence-electron chi connectivity index (χ0n) is 8.34. The molecule has 0 spiro atoms. The summed E-state index contributed by atoms with van der Waals surface area (Å²) in [4.78, 5) is 0. The molecule has 0 saturated carbocycles. The van der Waals surface area contributed by atoms with E-state index in [0.29, 0.717) is 5.02 Å². The third kappa shape index (κ3) is 4.11. The minimum Gasteiger partial charge on any atom is -0.508 e. The molecule has 0 aliphatic rings. The molecular formula is C12H11ClO3. The second-order valence-corrected chi connectivity index (χ2v) is 3.40. The quantitative estimate of drug-likeness (QED) is 0.618. The van der Waals surface area contributed by atoms with Crippen molar-refractivity contribution in [1.82, 2.24) is 0 Å². The van der Waals surface area contributed by atoms with Crippen LogP contribution < -0.4 is 0 Å². The third-order valence-electron chi connectivity index (χ3n) is 1.71. The van der Waals surface area contributed by atoms with Crippen LogP contribution in [0.5, 0.6) is 17.2 Å². The van der Waals surface area contributed by atoms with Gasteiger partial charge in [-0.2, -0.15) is 0 Å². The number of benzene rings is 2. The van der Waals surface area contributed by atoms with Crippen molar-refractivity contribution in [2.24, 2.45) is 0 Å². The maximum absolute atomic E-state index is 8.70. The van der Waals surface area contributed by atoms with Gasteiger partial charge in [-0.25, -0.2) is 0 Å². The van der Waals surface area contributed by atoms with Crippen molar-refractivity contribution < 1.29 is 15.3 Å². The molecule has 0 aromatic heterocycles. The van der Waals surface area contributed by atoms with Crippen LogP contribution in [0.15, 0.2) is 48.5 Å². The van der Waals surface area contributed by atoms with Crippen LogP contribution >= 0.6 is 11.6 Å². The first-order valence-corrected chi connectivity index (χ1v) is 4.89. The smallest absolute Gasteiger partial charge is 0.157 e. The Bertz CT molecular complexity index is 398. The maximum atomic E-state index is 8.70. The summed E-state index contributed by atoms with van der Waals surface area (Å²) < 4.78 is 0. The fourth-order valence-corrected chi connectivity index (χ4v) is 1.03. The molecule has 3 N–H and O–H groups in total.